The van der Waals surface area contributed by atoms with Gasteiger partial charge in [-0.05, 0) is 40.5 Å². The molecule has 0 saturated heterocycles. The third-order valence-corrected chi connectivity index (χ3v) is 4.03. The summed E-state index contributed by atoms with van der Waals surface area (Å²) >= 11 is 3.50. The molecule has 116 valence electrons. The van der Waals surface area contributed by atoms with E-state index in [-0.39, 0.29) is 6.04 Å². The van der Waals surface area contributed by atoms with Gasteiger partial charge in [0.05, 0.1) is 17.9 Å². The molecular weight excluding hydrogens is 354 g/mol. The molecule has 2 aromatic carbocycles. The number of halogens is 1. The van der Waals surface area contributed by atoms with E-state index < -0.39 is 0 Å². The Morgan fingerprint density at radius 1 is 1.00 bits per heavy atom. The molecule has 0 aliphatic heterocycles. The molecule has 0 amide bonds. The molecule has 1 heterocycles. The maximum Gasteiger partial charge on any atom is 0.245 e. The van der Waals surface area contributed by atoms with E-state index in [1.54, 1.807) is 6.20 Å². The molecule has 0 spiro atoms. The van der Waals surface area contributed by atoms with Crippen LogP contribution in [0, 0.1) is 0 Å². The molecule has 0 saturated carbocycles. The van der Waals surface area contributed by atoms with Gasteiger partial charge in [0.2, 0.25) is 5.95 Å². The van der Waals surface area contributed by atoms with Gasteiger partial charge in [-0.25, -0.2) is 0 Å². The zero-order valence-corrected chi connectivity index (χ0v) is 14.2. The minimum absolute atomic E-state index is 0.0942. The first kappa shape index (κ1) is 15.4. The molecule has 1 aromatic heterocycles. The number of para-hydroxylation sites is 1. The van der Waals surface area contributed by atoms with Gasteiger partial charge >= 0.3 is 0 Å². The first-order valence-corrected chi connectivity index (χ1v) is 8.04. The van der Waals surface area contributed by atoms with Gasteiger partial charge in [0.25, 0.3) is 0 Å². The lowest BCUT2D eigenvalue weighted by molar-refractivity contribution is 0.841. The fourth-order valence-electron chi connectivity index (χ4n) is 2.14. The number of benzene rings is 2. The number of nitrogens with one attached hydrogen (secondary N) is 2. The number of anilines is 3. The molecular formula is C17H16BrN5. The first-order valence-electron chi connectivity index (χ1n) is 7.25. The van der Waals surface area contributed by atoms with Crippen LogP contribution in [0.3, 0.4) is 0 Å². The molecule has 2 N–H and O–H groups in total. The van der Waals surface area contributed by atoms with Crippen LogP contribution in [0.5, 0.6) is 0 Å². The summed E-state index contributed by atoms with van der Waals surface area (Å²) in [5.74, 6) is 1.12. The number of hydrogen-bond donors (Lipinski definition) is 2. The highest BCUT2D eigenvalue weighted by atomic mass is 79.9. The van der Waals surface area contributed by atoms with Crippen LogP contribution >= 0.6 is 15.9 Å². The zero-order chi connectivity index (χ0) is 16.1. The molecule has 6 heteroatoms. The van der Waals surface area contributed by atoms with E-state index in [1.807, 2.05) is 42.5 Å². The molecule has 0 bridgehead atoms. The maximum absolute atomic E-state index is 4.46. The van der Waals surface area contributed by atoms with Crippen LogP contribution in [0.25, 0.3) is 0 Å². The molecule has 0 radical (unpaired) electrons. The van der Waals surface area contributed by atoms with Crippen LogP contribution in [0.15, 0.2) is 65.3 Å². The molecule has 1 unspecified atom stereocenters. The van der Waals surface area contributed by atoms with Crippen molar-refractivity contribution in [3.05, 3.63) is 70.8 Å². The van der Waals surface area contributed by atoms with Crippen molar-refractivity contribution in [3.63, 3.8) is 0 Å². The Kier molecular flexibility index (Phi) is 4.83. The van der Waals surface area contributed by atoms with Crippen LogP contribution < -0.4 is 10.6 Å². The number of rotatable bonds is 5. The van der Waals surface area contributed by atoms with E-state index in [9.17, 15) is 0 Å². The Morgan fingerprint density at radius 2 is 1.74 bits per heavy atom. The molecule has 3 aromatic rings. The van der Waals surface area contributed by atoms with Crippen molar-refractivity contribution in [1.82, 2.24) is 15.2 Å². The molecule has 1 atom stereocenters. The normalized spacial score (nSPS) is 11.7. The Morgan fingerprint density at radius 3 is 2.52 bits per heavy atom. The van der Waals surface area contributed by atoms with Crippen molar-refractivity contribution in [2.75, 3.05) is 10.6 Å². The monoisotopic (exact) mass is 369 g/mol. The van der Waals surface area contributed by atoms with Gasteiger partial charge in [-0.2, -0.15) is 10.1 Å². The highest BCUT2D eigenvalue weighted by molar-refractivity contribution is 9.10. The van der Waals surface area contributed by atoms with Crippen molar-refractivity contribution < 1.29 is 0 Å². The molecule has 23 heavy (non-hydrogen) atoms. The third-order valence-electron chi connectivity index (χ3n) is 3.34. The van der Waals surface area contributed by atoms with Gasteiger partial charge < -0.3 is 10.6 Å². The fourth-order valence-corrected chi connectivity index (χ4v) is 2.53. The number of hydrogen-bond acceptors (Lipinski definition) is 5. The molecule has 5 nitrogen and oxygen atoms in total. The van der Waals surface area contributed by atoms with Gasteiger partial charge in [-0.3, -0.25) is 0 Å². The summed E-state index contributed by atoms with van der Waals surface area (Å²) in [5.41, 5.74) is 2.09. The standard InChI is InChI=1S/C17H16BrN5/c1-12(13-7-3-2-4-8-13)20-17-22-16(11-19-23-17)21-15-10-6-5-9-14(15)18/h2-12H,1H3,(H2,20,21,22,23). The highest BCUT2D eigenvalue weighted by Crippen LogP contribution is 2.24. The maximum atomic E-state index is 4.46. The smallest absolute Gasteiger partial charge is 0.245 e. The van der Waals surface area contributed by atoms with Gasteiger partial charge in [-0.1, -0.05) is 42.5 Å². The summed E-state index contributed by atoms with van der Waals surface area (Å²) in [6.07, 6.45) is 1.60. The van der Waals surface area contributed by atoms with E-state index >= 15 is 0 Å². The summed E-state index contributed by atoms with van der Waals surface area (Å²) in [4.78, 5) is 4.46. The van der Waals surface area contributed by atoms with Crippen molar-refractivity contribution >= 4 is 33.4 Å². The average molecular weight is 370 g/mol. The summed E-state index contributed by atoms with van der Waals surface area (Å²) in [6, 6.07) is 18.1. The quantitative estimate of drug-likeness (QED) is 0.690. The van der Waals surface area contributed by atoms with Crippen LogP contribution in [0.4, 0.5) is 17.5 Å². The SMILES string of the molecule is CC(Nc1nncc(Nc2ccccc2Br)n1)c1ccccc1. The van der Waals surface area contributed by atoms with Crippen molar-refractivity contribution in [3.8, 4) is 0 Å². The Labute approximate surface area is 143 Å². The number of nitrogens with zero attached hydrogens (tertiary/aromatic N) is 3. The summed E-state index contributed by atoms with van der Waals surface area (Å²) in [6.45, 7) is 2.06. The minimum Gasteiger partial charge on any atom is -0.346 e. The third kappa shape index (κ3) is 4.04. The van der Waals surface area contributed by atoms with Crippen molar-refractivity contribution in [2.24, 2.45) is 0 Å². The second-order valence-corrected chi connectivity index (χ2v) is 5.90. The predicted molar refractivity (Wildman–Crippen MR) is 95.7 cm³/mol. The number of aromatic nitrogens is 3. The largest absolute Gasteiger partial charge is 0.346 e. The zero-order valence-electron chi connectivity index (χ0n) is 12.6. The fraction of sp³-hybridized carbons (Fsp3) is 0.118. The minimum atomic E-state index is 0.0942. The van der Waals surface area contributed by atoms with E-state index in [4.69, 9.17) is 0 Å². The van der Waals surface area contributed by atoms with Gasteiger partial charge in [0, 0.05) is 4.47 Å². The van der Waals surface area contributed by atoms with E-state index in [0.29, 0.717) is 11.8 Å². The summed E-state index contributed by atoms with van der Waals surface area (Å²) < 4.78 is 0.964. The van der Waals surface area contributed by atoms with Gasteiger partial charge in [-0.15, -0.1) is 5.10 Å². The molecule has 0 aliphatic rings. The predicted octanol–water partition coefficient (Wildman–Crippen LogP) is 4.55. The first-order chi connectivity index (χ1) is 11.2. The Hall–Kier alpha value is -2.47. The average Bonchev–Trinajstić information content (AvgIpc) is 2.58. The van der Waals surface area contributed by atoms with E-state index in [2.05, 4.69) is 60.8 Å². The molecule has 0 fully saturated rings. The topological polar surface area (TPSA) is 62.7 Å². The van der Waals surface area contributed by atoms with E-state index in [1.165, 1.54) is 5.56 Å². The van der Waals surface area contributed by atoms with Gasteiger partial charge in [0.1, 0.15) is 0 Å². The lowest BCUT2D eigenvalue weighted by atomic mass is 10.1. The second kappa shape index (κ2) is 7.19. The summed E-state index contributed by atoms with van der Waals surface area (Å²) in [5, 5.41) is 14.5. The summed E-state index contributed by atoms with van der Waals surface area (Å²) in [7, 11) is 0. The Balaban J connectivity index is 1.74. The molecule has 3 rings (SSSR count). The molecule has 0 aliphatic carbocycles. The van der Waals surface area contributed by atoms with Crippen LogP contribution in [-0.4, -0.2) is 15.2 Å². The van der Waals surface area contributed by atoms with Crippen molar-refractivity contribution in [2.45, 2.75) is 13.0 Å². The van der Waals surface area contributed by atoms with Crippen molar-refractivity contribution in [1.29, 1.82) is 0 Å². The lowest BCUT2D eigenvalue weighted by Crippen LogP contribution is -2.10. The lowest BCUT2D eigenvalue weighted by Gasteiger charge is -2.14. The van der Waals surface area contributed by atoms with Gasteiger partial charge in [0.15, 0.2) is 5.82 Å². The van der Waals surface area contributed by atoms with E-state index in [0.717, 1.165) is 10.2 Å². The van der Waals surface area contributed by atoms with Crippen LogP contribution in [0.2, 0.25) is 0 Å². The Bertz CT molecular complexity index is 779. The second-order valence-electron chi connectivity index (χ2n) is 5.05. The highest BCUT2D eigenvalue weighted by Gasteiger charge is 2.08. The van der Waals surface area contributed by atoms with Crippen LogP contribution in [-0.2, 0) is 0 Å². The van der Waals surface area contributed by atoms with Crippen LogP contribution in [0.1, 0.15) is 18.5 Å².